The van der Waals surface area contributed by atoms with Gasteiger partial charge in [-0.3, -0.25) is 19.6 Å². The Morgan fingerprint density at radius 1 is 0.967 bits per heavy atom. The van der Waals surface area contributed by atoms with Crippen LogP contribution in [-0.2, 0) is 10.0 Å². The first kappa shape index (κ1) is 21.3. The lowest BCUT2D eigenvalue weighted by Gasteiger charge is -2.13. The largest absolute Gasteiger partial charge is 0.322 e. The lowest BCUT2D eigenvalue weighted by Crippen LogP contribution is -2.16. The number of sulfonamides is 1. The molecule has 0 heterocycles. The summed E-state index contributed by atoms with van der Waals surface area (Å²) in [6, 6.07) is 15.8. The third kappa shape index (κ3) is 4.94. The van der Waals surface area contributed by atoms with Gasteiger partial charge in [0.25, 0.3) is 21.6 Å². The smallest absolute Gasteiger partial charge is 0.269 e. The molecule has 10 heteroatoms. The molecular formula is C20H16ClN3O5S. The first-order valence-electron chi connectivity index (χ1n) is 8.60. The summed E-state index contributed by atoms with van der Waals surface area (Å²) in [6.45, 7) is 1.64. The summed E-state index contributed by atoms with van der Waals surface area (Å²) < 4.78 is 28.1. The molecule has 0 aliphatic heterocycles. The van der Waals surface area contributed by atoms with Gasteiger partial charge in [0.05, 0.1) is 9.82 Å². The van der Waals surface area contributed by atoms with Crippen molar-refractivity contribution in [2.45, 2.75) is 11.8 Å². The zero-order valence-corrected chi connectivity index (χ0v) is 17.2. The Kier molecular flexibility index (Phi) is 6.04. The molecule has 0 saturated heterocycles. The molecule has 154 valence electrons. The Morgan fingerprint density at radius 2 is 1.57 bits per heavy atom. The SMILES string of the molecule is Cc1ccc(NC(=O)c2ccc([N+](=O)[O-])cc2)cc1S(=O)(=O)Nc1ccc(Cl)cc1. The molecule has 0 spiro atoms. The van der Waals surface area contributed by atoms with Crippen LogP contribution in [0.25, 0.3) is 0 Å². The van der Waals surface area contributed by atoms with E-state index in [9.17, 15) is 23.3 Å². The predicted molar refractivity (Wildman–Crippen MR) is 114 cm³/mol. The number of halogens is 1. The number of nitro benzene ring substituents is 1. The lowest BCUT2D eigenvalue weighted by atomic mass is 10.2. The molecule has 8 nitrogen and oxygen atoms in total. The molecule has 0 atom stereocenters. The Hall–Kier alpha value is -3.43. The fourth-order valence-electron chi connectivity index (χ4n) is 2.63. The van der Waals surface area contributed by atoms with E-state index in [4.69, 9.17) is 11.6 Å². The average molecular weight is 446 g/mol. The van der Waals surface area contributed by atoms with Gasteiger partial charge in [0, 0.05) is 34.1 Å². The van der Waals surface area contributed by atoms with Crippen molar-refractivity contribution in [3.63, 3.8) is 0 Å². The van der Waals surface area contributed by atoms with Crippen molar-refractivity contribution in [2.24, 2.45) is 0 Å². The van der Waals surface area contributed by atoms with E-state index in [-0.39, 0.29) is 21.8 Å². The second-order valence-corrected chi connectivity index (χ2v) is 8.44. The number of amides is 1. The maximum atomic E-state index is 12.8. The molecule has 0 unspecified atom stereocenters. The van der Waals surface area contributed by atoms with Crippen LogP contribution in [0.1, 0.15) is 15.9 Å². The number of carbonyl (C=O) groups is 1. The fourth-order valence-corrected chi connectivity index (χ4v) is 4.09. The molecule has 0 aliphatic rings. The van der Waals surface area contributed by atoms with E-state index >= 15 is 0 Å². The molecule has 0 aliphatic carbocycles. The quantitative estimate of drug-likeness (QED) is 0.424. The van der Waals surface area contributed by atoms with Gasteiger partial charge in [0.2, 0.25) is 0 Å². The lowest BCUT2D eigenvalue weighted by molar-refractivity contribution is -0.384. The molecule has 3 aromatic carbocycles. The molecule has 3 aromatic rings. The van der Waals surface area contributed by atoms with Gasteiger partial charge >= 0.3 is 0 Å². The van der Waals surface area contributed by atoms with Gasteiger partial charge in [-0.1, -0.05) is 17.7 Å². The maximum absolute atomic E-state index is 12.8. The standard InChI is InChI=1S/C20H16ClN3O5S/c1-13-2-7-17(22-20(25)14-3-10-18(11-4-14)24(26)27)12-19(13)30(28,29)23-16-8-5-15(21)6-9-16/h2-12,23H,1H3,(H,22,25). The Morgan fingerprint density at radius 3 is 2.17 bits per heavy atom. The van der Waals surface area contributed by atoms with E-state index < -0.39 is 20.9 Å². The summed E-state index contributed by atoms with van der Waals surface area (Å²) in [7, 11) is -3.91. The summed E-state index contributed by atoms with van der Waals surface area (Å²) in [5.41, 5.74) is 1.16. The summed E-state index contributed by atoms with van der Waals surface area (Å²) in [6.07, 6.45) is 0. The predicted octanol–water partition coefficient (Wildman–Crippen LogP) is 4.61. The van der Waals surface area contributed by atoms with Crippen molar-refractivity contribution < 1.29 is 18.1 Å². The van der Waals surface area contributed by atoms with Gasteiger partial charge in [0.15, 0.2) is 0 Å². The van der Waals surface area contributed by atoms with Gasteiger partial charge in [-0.25, -0.2) is 8.42 Å². The van der Waals surface area contributed by atoms with Crippen LogP contribution in [0.3, 0.4) is 0 Å². The number of nitrogens with zero attached hydrogens (tertiary/aromatic N) is 1. The van der Waals surface area contributed by atoms with Crippen molar-refractivity contribution in [3.8, 4) is 0 Å². The number of rotatable bonds is 6. The molecule has 0 aromatic heterocycles. The van der Waals surface area contributed by atoms with Gasteiger partial charge in [-0.15, -0.1) is 0 Å². The minimum Gasteiger partial charge on any atom is -0.322 e. The third-order valence-corrected chi connectivity index (χ3v) is 5.95. The van der Waals surface area contributed by atoms with Crippen LogP contribution in [0.4, 0.5) is 17.1 Å². The van der Waals surface area contributed by atoms with Gasteiger partial charge in [-0.05, 0) is 61.0 Å². The molecule has 30 heavy (non-hydrogen) atoms. The molecule has 3 rings (SSSR count). The number of nitro groups is 1. The number of anilines is 2. The topological polar surface area (TPSA) is 118 Å². The minimum atomic E-state index is -3.91. The Balaban J connectivity index is 1.82. The van der Waals surface area contributed by atoms with E-state index in [1.165, 1.54) is 42.5 Å². The van der Waals surface area contributed by atoms with Crippen molar-refractivity contribution in [1.82, 2.24) is 0 Å². The van der Waals surface area contributed by atoms with Crippen LogP contribution in [0.15, 0.2) is 71.6 Å². The van der Waals surface area contributed by atoms with Crippen LogP contribution in [0.5, 0.6) is 0 Å². The normalized spacial score (nSPS) is 11.0. The number of nitrogens with one attached hydrogen (secondary N) is 2. The molecule has 1 amide bonds. The maximum Gasteiger partial charge on any atom is 0.269 e. The highest BCUT2D eigenvalue weighted by atomic mass is 35.5. The highest BCUT2D eigenvalue weighted by Gasteiger charge is 2.19. The van der Waals surface area contributed by atoms with Crippen LogP contribution in [0.2, 0.25) is 5.02 Å². The third-order valence-electron chi connectivity index (χ3n) is 4.17. The first-order valence-corrected chi connectivity index (χ1v) is 10.5. The second kappa shape index (κ2) is 8.52. The average Bonchev–Trinajstić information content (AvgIpc) is 2.71. The molecular weight excluding hydrogens is 430 g/mol. The van der Waals surface area contributed by atoms with Gasteiger partial charge in [-0.2, -0.15) is 0 Å². The number of hydrogen-bond acceptors (Lipinski definition) is 5. The minimum absolute atomic E-state index is 0.000973. The fraction of sp³-hybridized carbons (Fsp3) is 0.0500. The van der Waals surface area contributed by atoms with Crippen LogP contribution >= 0.6 is 11.6 Å². The number of carbonyl (C=O) groups excluding carboxylic acids is 1. The van der Waals surface area contributed by atoms with E-state index in [0.29, 0.717) is 16.3 Å². The molecule has 0 bridgehead atoms. The Bertz CT molecular complexity index is 1210. The van der Waals surface area contributed by atoms with E-state index in [1.54, 1.807) is 31.2 Å². The summed E-state index contributed by atoms with van der Waals surface area (Å²) in [4.78, 5) is 22.6. The summed E-state index contributed by atoms with van der Waals surface area (Å²) in [5, 5.41) is 13.8. The first-order chi connectivity index (χ1) is 14.2. The van der Waals surface area contributed by atoms with Gasteiger partial charge in [0.1, 0.15) is 0 Å². The molecule has 2 N–H and O–H groups in total. The molecule has 0 saturated carbocycles. The zero-order valence-electron chi connectivity index (χ0n) is 15.6. The Labute approximate surface area is 177 Å². The number of non-ortho nitro benzene ring substituents is 1. The molecule has 0 radical (unpaired) electrons. The van der Waals surface area contributed by atoms with E-state index in [0.717, 1.165) is 0 Å². The number of benzene rings is 3. The van der Waals surface area contributed by atoms with Gasteiger partial charge < -0.3 is 5.32 Å². The summed E-state index contributed by atoms with van der Waals surface area (Å²) >= 11 is 5.82. The molecule has 0 fully saturated rings. The number of aryl methyl sites for hydroxylation is 1. The van der Waals surface area contributed by atoms with E-state index in [1.807, 2.05) is 0 Å². The second-order valence-electron chi connectivity index (χ2n) is 6.35. The van der Waals surface area contributed by atoms with Crippen molar-refractivity contribution >= 4 is 44.6 Å². The van der Waals surface area contributed by atoms with Crippen molar-refractivity contribution in [2.75, 3.05) is 10.0 Å². The van der Waals surface area contributed by atoms with Crippen LogP contribution < -0.4 is 10.0 Å². The van der Waals surface area contributed by atoms with Crippen LogP contribution in [-0.4, -0.2) is 19.2 Å². The zero-order chi connectivity index (χ0) is 21.9. The summed E-state index contributed by atoms with van der Waals surface area (Å²) in [5.74, 6) is -0.525. The van der Waals surface area contributed by atoms with Crippen molar-refractivity contribution in [3.05, 3.63) is 93.0 Å². The van der Waals surface area contributed by atoms with E-state index in [2.05, 4.69) is 10.0 Å². The van der Waals surface area contributed by atoms with Crippen LogP contribution in [0, 0.1) is 17.0 Å². The van der Waals surface area contributed by atoms with Crippen molar-refractivity contribution in [1.29, 1.82) is 0 Å². The monoisotopic (exact) mass is 445 g/mol. The number of hydrogen-bond donors (Lipinski definition) is 2. The highest BCUT2D eigenvalue weighted by Crippen LogP contribution is 2.24. The highest BCUT2D eigenvalue weighted by molar-refractivity contribution is 7.92.